The maximum atomic E-state index is 13.4. The fraction of sp³-hybridized carbons (Fsp3) is 0.320. The molecule has 0 aliphatic heterocycles. The molecule has 174 valence electrons. The van der Waals surface area contributed by atoms with Gasteiger partial charge in [0.2, 0.25) is 5.91 Å². The minimum absolute atomic E-state index is 0.0923. The van der Waals surface area contributed by atoms with Gasteiger partial charge in [-0.1, -0.05) is 30.3 Å². The quantitative estimate of drug-likeness (QED) is 0.569. The zero-order chi connectivity index (χ0) is 24.2. The third-order valence-corrected chi connectivity index (χ3v) is 4.88. The van der Waals surface area contributed by atoms with Crippen LogP contribution in [0.1, 0.15) is 31.9 Å². The van der Waals surface area contributed by atoms with Crippen molar-refractivity contribution in [1.29, 1.82) is 0 Å². The van der Waals surface area contributed by atoms with Crippen LogP contribution in [0.4, 0.5) is 9.18 Å². The Balaban J connectivity index is 1.86. The average Bonchev–Trinajstić information content (AvgIpc) is 3.10. The summed E-state index contributed by atoms with van der Waals surface area (Å²) in [6.07, 6.45) is 1.06. The van der Waals surface area contributed by atoms with Gasteiger partial charge < -0.3 is 14.8 Å². The van der Waals surface area contributed by atoms with Gasteiger partial charge in [0.15, 0.2) is 0 Å². The molecule has 33 heavy (non-hydrogen) atoms. The van der Waals surface area contributed by atoms with Crippen LogP contribution in [0.3, 0.4) is 0 Å². The van der Waals surface area contributed by atoms with Gasteiger partial charge in [-0.3, -0.25) is 9.36 Å². The first kappa shape index (κ1) is 24.0. The predicted molar refractivity (Wildman–Crippen MR) is 121 cm³/mol. The van der Waals surface area contributed by atoms with Gasteiger partial charge in [0.1, 0.15) is 17.5 Å². The second-order valence-electron chi connectivity index (χ2n) is 8.68. The number of amides is 1. The molecular formula is C25H27FN2O5. The lowest BCUT2D eigenvalue weighted by Gasteiger charge is -2.19. The molecule has 2 aromatic carbocycles. The van der Waals surface area contributed by atoms with Gasteiger partial charge in [0.05, 0.1) is 19.0 Å². The van der Waals surface area contributed by atoms with Crippen LogP contribution in [0, 0.1) is 5.82 Å². The number of carbonyl (C=O) groups excluding carboxylic acids is 3. The van der Waals surface area contributed by atoms with Crippen molar-refractivity contribution in [2.45, 2.75) is 45.3 Å². The Labute approximate surface area is 191 Å². The summed E-state index contributed by atoms with van der Waals surface area (Å²) in [6.45, 7) is 5.33. The molecule has 3 rings (SSSR count). The maximum absolute atomic E-state index is 13.4. The van der Waals surface area contributed by atoms with Crippen LogP contribution < -0.4 is 5.32 Å². The van der Waals surface area contributed by atoms with Crippen molar-refractivity contribution in [2.75, 3.05) is 7.11 Å². The molecular weight excluding hydrogens is 427 g/mol. The van der Waals surface area contributed by atoms with Crippen molar-refractivity contribution in [3.8, 4) is 0 Å². The second kappa shape index (κ2) is 9.85. The molecule has 0 aliphatic carbocycles. The number of nitrogens with zero attached hydrogens (tertiary/aromatic N) is 1. The fourth-order valence-electron chi connectivity index (χ4n) is 3.51. The average molecular weight is 454 g/mol. The number of aromatic nitrogens is 1. The number of para-hydroxylation sites is 1. The second-order valence-corrected chi connectivity index (χ2v) is 8.68. The van der Waals surface area contributed by atoms with Crippen molar-refractivity contribution in [3.05, 3.63) is 71.7 Å². The predicted octanol–water partition coefficient (Wildman–Crippen LogP) is 4.01. The Morgan fingerprint density at radius 1 is 1.09 bits per heavy atom. The molecule has 0 saturated carbocycles. The third kappa shape index (κ3) is 6.19. The zero-order valence-electron chi connectivity index (χ0n) is 19.1. The normalized spacial score (nSPS) is 12.3. The van der Waals surface area contributed by atoms with Gasteiger partial charge in [-0.15, -0.1) is 0 Å². The van der Waals surface area contributed by atoms with E-state index in [0.717, 1.165) is 5.39 Å². The first-order valence-corrected chi connectivity index (χ1v) is 10.5. The van der Waals surface area contributed by atoms with Crippen LogP contribution in [0.2, 0.25) is 0 Å². The number of methoxy groups -OCH3 is 1. The van der Waals surface area contributed by atoms with E-state index in [1.807, 2.05) is 12.1 Å². The molecule has 1 amide bonds. The van der Waals surface area contributed by atoms with Crippen molar-refractivity contribution < 1.29 is 28.2 Å². The van der Waals surface area contributed by atoms with Crippen LogP contribution in [-0.4, -0.2) is 41.3 Å². The number of carbonyl (C=O) groups is 3. The molecule has 1 aromatic heterocycles. The molecule has 8 heteroatoms. The first-order chi connectivity index (χ1) is 15.6. The monoisotopic (exact) mass is 454 g/mol. The molecule has 0 bridgehead atoms. The van der Waals surface area contributed by atoms with E-state index in [1.165, 1.54) is 29.9 Å². The Morgan fingerprint density at radius 3 is 2.48 bits per heavy atom. The van der Waals surface area contributed by atoms with Crippen molar-refractivity contribution in [3.63, 3.8) is 0 Å². The molecule has 1 N–H and O–H groups in total. The number of hydrogen-bond acceptors (Lipinski definition) is 5. The molecule has 0 radical (unpaired) electrons. The van der Waals surface area contributed by atoms with E-state index >= 15 is 0 Å². The summed E-state index contributed by atoms with van der Waals surface area (Å²) in [7, 11) is 1.23. The molecule has 3 aromatic rings. The zero-order valence-corrected chi connectivity index (χ0v) is 19.1. The highest BCUT2D eigenvalue weighted by molar-refractivity contribution is 5.93. The van der Waals surface area contributed by atoms with E-state index in [-0.39, 0.29) is 12.8 Å². The van der Waals surface area contributed by atoms with Gasteiger partial charge in [0.25, 0.3) is 0 Å². The summed E-state index contributed by atoms with van der Waals surface area (Å²) in [4.78, 5) is 37.7. The number of esters is 1. The van der Waals surface area contributed by atoms with E-state index in [1.54, 1.807) is 45.2 Å². The Morgan fingerprint density at radius 2 is 1.82 bits per heavy atom. The number of rotatable bonds is 6. The number of benzene rings is 2. The molecule has 0 saturated heterocycles. The van der Waals surface area contributed by atoms with E-state index in [2.05, 4.69) is 5.32 Å². The number of nitrogens with one attached hydrogen (secondary N) is 1. The number of hydrogen-bond donors (Lipinski definition) is 1. The molecule has 0 aliphatic rings. The topological polar surface area (TPSA) is 86.6 Å². The molecule has 0 spiro atoms. The van der Waals surface area contributed by atoms with Crippen molar-refractivity contribution >= 4 is 28.9 Å². The van der Waals surface area contributed by atoms with Gasteiger partial charge in [0, 0.05) is 18.0 Å². The van der Waals surface area contributed by atoms with Gasteiger partial charge in [-0.25, -0.2) is 14.0 Å². The van der Waals surface area contributed by atoms with E-state index in [0.29, 0.717) is 16.6 Å². The van der Waals surface area contributed by atoms with E-state index in [9.17, 15) is 18.8 Å². The smallest absolute Gasteiger partial charge is 0.419 e. The van der Waals surface area contributed by atoms with Gasteiger partial charge in [-0.2, -0.15) is 0 Å². The number of fused-ring (bicyclic) bond motifs is 1. The van der Waals surface area contributed by atoms with Crippen LogP contribution in [0.15, 0.2) is 54.7 Å². The Bertz CT molecular complexity index is 1180. The SMILES string of the molecule is COC(=O)[C@H](Cc1cn(C(=O)OC(C)(C)C)c2ccccc12)NC(=O)Cc1cccc(F)c1. The first-order valence-electron chi connectivity index (χ1n) is 10.5. The summed E-state index contributed by atoms with van der Waals surface area (Å²) >= 11 is 0. The highest BCUT2D eigenvalue weighted by atomic mass is 19.1. The lowest BCUT2D eigenvalue weighted by molar-refractivity contribution is -0.145. The standard InChI is InChI=1S/C25H27FN2O5/c1-25(2,3)33-24(31)28-15-17(19-10-5-6-11-21(19)28)14-20(23(30)32-4)27-22(29)13-16-8-7-9-18(26)12-16/h5-12,15,20H,13-14H2,1-4H3,(H,27,29)/t20-/m0/s1. The van der Waals surface area contributed by atoms with Crippen molar-refractivity contribution in [1.82, 2.24) is 9.88 Å². The molecule has 1 heterocycles. The van der Waals surface area contributed by atoms with Crippen LogP contribution in [-0.2, 0) is 31.9 Å². The highest BCUT2D eigenvalue weighted by Gasteiger charge is 2.26. The van der Waals surface area contributed by atoms with Gasteiger partial charge in [-0.05, 0) is 50.1 Å². The van der Waals surface area contributed by atoms with Crippen LogP contribution >= 0.6 is 0 Å². The third-order valence-electron chi connectivity index (χ3n) is 4.88. The van der Waals surface area contributed by atoms with Crippen molar-refractivity contribution in [2.24, 2.45) is 0 Å². The minimum atomic E-state index is -0.992. The molecule has 1 atom stereocenters. The lowest BCUT2D eigenvalue weighted by Crippen LogP contribution is -2.43. The van der Waals surface area contributed by atoms with Gasteiger partial charge >= 0.3 is 12.1 Å². The van der Waals surface area contributed by atoms with Crippen LogP contribution in [0.25, 0.3) is 10.9 Å². The summed E-state index contributed by atoms with van der Waals surface area (Å²) in [6, 6.07) is 11.9. The maximum Gasteiger partial charge on any atom is 0.419 e. The van der Waals surface area contributed by atoms with E-state index < -0.39 is 35.4 Å². The summed E-state index contributed by atoms with van der Waals surface area (Å²) in [5.41, 5.74) is 1.09. The molecule has 0 fully saturated rings. The number of halogens is 1. The van der Waals surface area contributed by atoms with Crippen LogP contribution in [0.5, 0.6) is 0 Å². The minimum Gasteiger partial charge on any atom is -0.467 e. The summed E-state index contributed by atoms with van der Waals surface area (Å²) in [5, 5.41) is 3.41. The fourth-order valence-corrected chi connectivity index (χ4v) is 3.51. The summed E-state index contributed by atoms with van der Waals surface area (Å²) in [5.74, 6) is -1.52. The number of ether oxygens (including phenoxy) is 2. The Hall–Kier alpha value is -3.68. The lowest BCUT2D eigenvalue weighted by atomic mass is 10.0. The Kier molecular flexibility index (Phi) is 7.16. The molecule has 0 unspecified atom stereocenters. The summed E-state index contributed by atoms with van der Waals surface area (Å²) < 4.78 is 25.2. The largest absolute Gasteiger partial charge is 0.467 e. The van der Waals surface area contributed by atoms with E-state index in [4.69, 9.17) is 9.47 Å². The highest BCUT2D eigenvalue weighted by Crippen LogP contribution is 2.24. The molecule has 7 nitrogen and oxygen atoms in total.